The first-order valence-corrected chi connectivity index (χ1v) is 7.86. The van der Waals surface area contributed by atoms with Crippen molar-refractivity contribution in [2.75, 3.05) is 18.0 Å². The molecule has 1 saturated heterocycles. The Hall–Kier alpha value is -2.16. The number of nitrogens with one attached hydrogen (secondary N) is 2. The van der Waals surface area contributed by atoms with Gasteiger partial charge in [0.2, 0.25) is 11.8 Å². The van der Waals surface area contributed by atoms with E-state index in [4.69, 9.17) is 0 Å². The number of hydrogen-bond acceptors (Lipinski definition) is 4. The maximum absolute atomic E-state index is 12.8. The van der Waals surface area contributed by atoms with Crippen molar-refractivity contribution in [3.63, 3.8) is 0 Å². The lowest BCUT2D eigenvalue weighted by atomic mass is 10.1. The Labute approximate surface area is 143 Å². The molecule has 1 unspecified atom stereocenters. The van der Waals surface area contributed by atoms with Crippen molar-refractivity contribution in [2.45, 2.75) is 44.9 Å². The average Bonchev–Trinajstić information content (AvgIpc) is 2.84. The molecule has 25 heavy (non-hydrogen) atoms. The quantitative estimate of drug-likeness (QED) is 0.859. The highest BCUT2D eigenvalue weighted by Gasteiger charge is 2.36. The fourth-order valence-electron chi connectivity index (χ4n) is 2.52. The van der Waals surface area contributed by atoms with E-state index < -0.39 is 23.7 Å². The molecule has 138 valence electrons. The van der Waals surface area contributed by atoms with Crippen LogP contribution in [0.2, 0.25) is 0 Å². The summed E-state index contributed by atoms with van der Waals surface area (Å²) >= 11 is 0. The van der Waals surface area contributed by atoms with Crippen LogP contribution in [0.15, 0.2) is 18.3 Å². The monoisotopic (exact) mass is 358 g/mol. The van der Waals surface area contributed by atoms with Crippen LogP contribution in [0.4, 0.5) is 19.0 Å². The third-order valence-corrected chi connectivity index (χ3v) is 3.58. The predicted molar refractivity (Wildman–Crippen MR) is 85.9 cm³/mol. The molecule has 2 amide bonds. The minimum absolute atomic E-state index is 0.0386. The van der Waals surface area contributed by atoms with Crippen LogP contribution in [-0.2, 0) is 15.8 Å². The number of pyridine rings is 1. The molecule has 1 fully saturated rings. The molecule has 1 aliphatic rings. The van der Waals surface area contributed by atoms with Crippen molar-refractivity contribution < 1.29 is 22.8 Å². The van der Waals surface area contributed by atoms with Crippen LogP contribution in [0.3, 0.4) is 0 Å². The molecular formula is C16H21F3N4O2. The normalized spacial score (nSPS) is 18.6. The van der Waals surface area contributed by atoms with Crippen molar-refractivity contribution in [3.05, 3.63) is 23.9 Å². The highest BCUT2D eigenvalue weighted by molar-refractivity contribution is 5.99. The van der Waals surface area contributed by atoms with Gasteiger partial charge in [0.1, 0.15) is 5.82 Å². The lowest BCUT2D eigenvalue weighted by Gasteiger charge is -2.21. The van der Waals surface area contributed by atoms with Gasteiger partial charge in [-0.3, -0.25) is 19.8 Å². The molecule has 2 N–H and O–H groups in total. The number of amides is 2. The minimum Gasteiger partial charge on any atom is -0.350 e. The molecule has 0 bridgehead atoms. The standard InChI is InChI=1S/C16H21F3N4O2/c1-15(2,3)22-13(24)9-21-11-5-7-23(14(11)25)12-8-10(4-6-20-12)16(17,18)19/h4,6,8,11,21H,5,7,9H2,1-3H3,(H,22,24). The molecule has 9 heteroatoms. The Kier molecular flexibility index (Phi) is 5.36. The van der Waals surface area contributed by atoms with Crippen molar-refractivity contribution in [2.24, 2.45) is 0 Å². The predicted octanol–water partition coefficient (Wildman–Crippen LogP) is 1.71. The summed E-state index contributed by atoms with van der Waals surface area (Å²) in [6.45, 7) is 5.72. The summed E-state index contributed by atoms with van der Waals surface area (Å²) in [5.74, 6) is -0.686. The number of carbonyl (C=O) groups excluding carboxylic acids is 2. The summed E-state index contributed by atoms with van der Waals surface area (Å²) in [5, 5.41) is 5.61. The van der Waals surface area contributed by atoms with Crippen LogP contribution >= 0.6 is 0 Å². The maximum atomic E-state index is 12.8. The van der Waals surface area contributed by atoms with Gasteiger partial charge < -0.3 is 5.32 Å². The molecular weight excluding hydrogens is 337 g/mol. The number of nitrogens with zero attached hydrogens (tertiary/aromatic N) is 2. The first-order valence-electron chi connectivity index (χ1n) is 7.86. The van der Waals surface area contributed by atoms with E-state index in [2.05, 4.69) is 15.6 Å². The number of halogens is 3. The SMILES string of the molecule is CC(C)(C)NC(=O)CNC1CCN(c2cc(C(F)(F)F)ccn2)C1=O. The number of hydrogen-bond donors (Lipinski definition) is 2. The van der Waals surface area contributed by atoms with Crippen molar-refractivity contribution >= 4 is 17.6 Å². The molecule has 0 spiro atoms. The number of alkyl halides is 3. The highest BCUT2D eigenvalue weighted by Crippen LogP contribution is 2.31. The van der Waals surface area contributed by atoms with E-state index in [-0.39, 0.29) is 30.4 Å². The average molecular weight is 358 g/mol. The first kappa shape index (κ1) is 19.2. The molecule has 1 atom stereocenters. The van der Waals surface area contributed by atoms with Gasteiger partial charge in [0.15, 0.2) is 0 Å². The number of carbonyl (C=O) groups is 2. The van der Waals surface area contributed by atoms with E-state index in [0.29, 0.717) is 6.42 Å². The summed E-state index contributed by atoms with van der Waals surface area (Å²) < 4.78 is 38.4. The van der Waals surface area contributed by atoms with Gasteiger partial charge in [-0.05, 0) is 39.3 Å². The summed E-state index contributed by atoms with van der Waals surface area (Å²) in [5.41, 5.74) is -1.24. The van der Waals surface area contributed by atoms with Gasteiger partial charge in [-0.1, -0.05) is 0 Å². The molecule has 1 aromatic heterocycles. The van der Waals surface area contributed by atoms with Crippen molar-refractivity contribution in [1.82, 2.24) is 15.6 Å². The lowest BCUT2D eigenvalue weighted by molar-refractivity contribution is -0.137. The van der Waals surface area contributed by atoms with E-state index in [9.17, 15) is 22.8 Å². The van der Waals surface area contributed by atoms with Crippen LogP contribution in [0.25, 0.3) is 0 Å². The second kappa shape index (κ2) is 6.99. The zero-order chi connectivity index (χ0) is 18.8. The van der Waals surface area contributed by atoms with E-state index in [1.165, 1.54) is 4.90 Å². The summed E-state index contributed by atoms with van der Waals surface area (Å²) in [6.07, 6.45) is -3.08. The molecule has 0 saturated carbocycles. The Morgan fingerprint density at radius 3 is 2.64 bits per heavy atom. The zero-order valence-electron chi connectivity index (χ0n) is 14.3. The molecule has 0 aromatic carbocycles. The molecule has 2 rings (SSSR count). The van der Waals surface area contributed by atoms with Gasteiger partial charge in [-0.25, -0.2) is 4.98 Å². The summed E-state index contributed by atoms with van der Waals surface area (Å²) in [4.78, 5) is 29.2. The molecule has 6 nitrogen and oxygen atoms in total. The van der Waals surface area contributed by atoms with Gasteiger partial charge >= 0.3 is 6.18 Å². The maximum Gasteiger partial charge on any atom is 0.416 e. The second-order valence-electron chi connectivity index (χ2n) is 6.91. The largest absolute Gasteiger partial charge is 0.416 e. The molecule has 2 heterocycles. The first-order chi connectivity index (χ1) is 11.5. The number of rotatable bonds is 4. The van der Waals surface area contributed by atoms with E-state index in [0.717, 1.165) is 18.3 Å². The van der Waals surface area contributed by atoms with Crippen molar-refractivity contribution in [1.29, 1.82) is 0 Å². The number of aromatic nitrogens is 1. The Morgan fingerprint density at radius 1 is 1.36 bits per heavy atom. The zero-order valence-corrected chi connectivity index (χ0v) is 14.3. The van der Waals surface area contributed by atoms with Crippen molar-refractivity contribution in [3.8, 4) is 0 Å². The topological polar surface area (TPSA) is 74.3 Å². The third-order valence-electron chi connectivity index (χ3n) is 3.58. The van der Waals surface area contributed by atoms with Gasteiger partial charge in [0, 0.05) is 18.3 Å². The fourth-order valence-corrected chi connectivity index (χ4v) is 2.52. The van der Waals surface area contributed by atoms with Crippen LogP contribution in [-0.4, -0.2) is 41.5 Å². The van der Waals surface area contributed by atoms with Gasteiger partial charge in [-0.15, -0.1) is 0 Å². The smallest absolute Gasteiger partial charge is 0.350 e. The van der Waals surface area contributed by atoms with E-state index in [1.807, 2.05) is 20.8 Å². The van der Waals surface area contributed by atoms with Gasteiger partial charge in [0.25, 0.3) is 0 Å². The Morgan fingerprint density at radius 2 is 2.04 bits per heavy atom. The van der Waals surface area contributed by atoms with E-state index >= 15 is 0 Å². The van der Waals surface area contributed by atoms with Gasteiger partial charge in [-0.2, -0.15) is 13.2 Å². The van der Waals surface area contributed by atoms with Gasteiger partial charge in [0.05, 0.1) is 18.2 Å². The van der Waals surface area contributed by atoms with Crippen LogP contribution in [0.1, 0.15) is 32.8 Å². The number of anilines is 1. The molecule has 1 aliphatic heterocycles. The summed E-state index contributed by atoms with van der Waals surface area (Å²) in [6, 6.07) is 1.09. The molecule has 1 aromatic rings. The molecule has 0 aliphatic carbocycles. The van der Waals surface area contributed by atoms with Crippen LogP contribution in [0.5, 0.6) is 0 Å². The van der Waals surface area contributed by atoms with Crippen LogP contribution in [0, 0.1) is 0 Å². The lowest BCUT2D eigenvalue weighted by Crippen LogP contribution is -2.48. The van der Waals surface area contributed by atoms with Crippen LogP contribution < -0.4 is 15.5 Å². The van der Waals surface area contributed by atoms with E-state index in [1.54, 1.807) is 0 Å². The fraction of sp³-hybridized carbons (Fsp3) is 0.562. The Balaban J connectivity index is 1.99. The Bertz CT molecular complexity index is 656. The highest BCUT2D eigenvalue weighted by atomic mass is 19.4. The third kappa shape index (κ3) is 5.15. The molecule has 0 radical (unpaired) electrons. The summed E-state index contributed by atoms with van der Waals surface area (Å²) in [7, 11) is 0. The minimum atomic E-state index is -4.50. The second-order valence-corrected chi connectivity index (χ2v) is 6.91.